The predicted molar refractivity (Wildman–Crippen MR) is 89.8 cm³/mol. The molecule has 1 amide bonds. The highest BCUT2D eigenvalue weighted by molar-refractivity contribution is 6.32. The molecule has 2 aromatic rings. The molecule has 124 valence electrons. The van der Waals surface area contributed by atoms with Crippen LogP contribution in [0.15, 0.2) is 36.4 Å². The van der Waals surface area contributed by atoms with E-state index in [0.29, 0.717) is 28.5 Å². The van der Waals surface area contributed by atoms with E-state index in [1.54, 1.807) is 30.3 Å². The van der Waals surface area contributed by atoms with E-state index in [2.05, 4.69) is 5.32 Å². The zero-order chi connectivity index (χ0) is 17.5. The molecule has 24 heavy (non-hydrogen) atoms. The molecule has 0 aliphatic heterocycles. The molecule has 2 rings (SSSR count). The normalized spacial score (nSPS) is 9.75. The summed E-state index contributed by atoms with van der Waals surface area (Å²) in [6.07, 6.45) is 0. The lowest BCUT2D eigenvalue weighted by atomic mass is 10.2. The van der Waals surface area contributed by atoms with Gasteiger partial charge in [-0.2, -0.15) is 5.26 Å². The number of benzene rings is 2. The molecule has 1 N–H and O–H groups in total. The fourth-order valence-electron chi connectivity index (χ4n) is 1.94. The lowest BCUT2D eigenvalue weighted by Crippen LogP contribution is -2.20. The Kier molecular flexibility index (Phi) is 5.88. The van der Waals surface area contributed by atoms with E-state index in [1.165, 1.54) is 20.3 Å². The zero-order valence-corrected chi connectivity index (χ0v) is 13.9. The predicted octanol–water partition coefficient (Wildman–Crippen LogP) is 3.25. The number of amides is 1. The number of anilines is 1. The summed E-state index contributed by atoms with van der Waals surface area (Å²) in [5.41, 5.74) is 0.967. The Balaban J connectivity index is 1.98. The standard InChI is InChI=1S/C17H15ClN2O4/c1-22-15-6-4-12(8-16(15)23-2)20-17(21)10-24-14-5-3-11(9-19)7-13(14)18/h3-8H,10H2,1-2H3,(H,20,21). The van der Waals surface area contributed by atoms with Crippen LogP contribution in [0, 0.1) is 11.3 Å². The summed E-state index contributed by atoms with van der Waals surface area (Å²) in [6, 6.07) is 11.6. The molecule has 0 saturated carbocycles. The zero-order valence-electron chi connectivity index (χ0n) is 13.1. The number of carbonyl (C=O) groups excluding carboxylic acids is 1. The number of halogens is 1. The molecule has 2 aromatic carbocycles. The maximum atomic E-state index is 12.0. The van der Waals surface area contributed by atoms with Crippen LogP contribution >= 0.6 is 11.6 Å². The number of ether oxygens (including phenoxy) is 3. The van der Waals surface area contributed by atoms with Gasteiger partial charge in [-0.3, -0.25) is 4.79 Å². The van der Waals surface area contributed by atoms with Crippen LogP contribution in [0.4, 0.5) is 5.69 Å². The minimum atomic E-state index is -0.359. The van der Waals surface area contributed by atoms with E-state index in [9.17, 15) is 4.79 Å². The van der Waals surface area contributed by atoms with Crippen LogP contribution in [0.2, 0.25) is 5.02 Å². The first-order valence-electron chi connectivity index (χ1n) is 6.91. The third kappa shape index (κ3) is 4.31. The van der Waals surface area contributed by atoms with Crippen LogP contribution in [0.25, 0.3) is 0 Å². The van der Waals surface area contributed by atoms with Crippen LogP contribution in [0.5, 0.6) is 17.2 Å². The first-order chi connectivity index (χ1) is 11.6. The number of methoxy groups -OCH3 is 2. The first kappa shape index (κ1) is 17.4. The topological polar surface area (TPSA) is 80.6 Å². The monoisotopic (exact) mass is 346 g/mol. The van der Waals surface area contributed by atoms with Gasteiger partial charge in [0, 0.05) is 11.8 Å². The highest BCUT2D eigenvalue weighted by atomic mass is 35.5. The molecule has 0 radical (unpaired) electrons. The summed E-state index contributed by atoms with van der Waals surface area (Å²) in [7, 11) is 3.05. The third-order valence-electron chi connectivity index (χ3n) is 3.09. The highest BCUT2D eigenvalue weighted by Crippen LogP contribution is 2.30. The number of hydrogen-bond acceptors (Lipinski definition) is 5. The Labute approximate surface area is 144 Å². The molecule has 0 unspecified atom stereocenters. The molecule has 0 fully saturated rings. The third-order valence-corrected chi connectivity index (χ3v) is 3.38. The summed E-state index contributed by atoms with van der Waals surface area (Å²) in [5.74, 6) is 1.04. The summed E-state index contributed by atoms with van der Waals surface area (Å²) < 4.78 is 15.7. The molecular formula is C17H15ClN2O4. The maximum absolute atomic E-state index is 12.0. The Morgan fingerprint density at radius 2 is 1.83 bits per heavy atom. The van der Waals surface area contributed by atoms with E-state index in [0.717, 1.165) is 0 Å². The maximum Gasteiger partial charge on any atom is 0.262 e. The van der Waals surface area contributed by atoms with Crippen LogP contribution in [0.3, 0.4) is 0 Å². The molecule has 0 saturated heterocycles. The van der Waals surface area contributed by atoms with Gasteiger partial charge in [-0.15, -0.1) is 0 Å². The van der Waals surface area contributed by atoms with Crippen molar-refractivity contribution in [2.75, 3.05) is 26.1 Å². The Bertz CT molecular complexity index is 787. The van der Waals surface area contributed by atoms with Crippen LogP contribution in [0.1, 0.15) is 5.56 Å². The lowest BCUT2D eigenvalue weighted by molar-refractivity contribution is -0.118. The van der Waals surface area contributed by atoms with Gasteiger partial charge >= 0.3 is 0 Å². The van der Waals surface area contributed by atoms with Crippen molar-refractivity contribution < 1.29 is 19.0 Å². The number of nitrogens with one attached hydrogen (secondary N) is 1. The lowest BCUT2D eigenvalue weighted by Gasteiger charge is -2.11. The van der Waals surface area contributed by atoms with Crippen LogP contribution < -0.4 is 19.5 Å². The Morgan fingerprint density at radius 1 is 1.12 bits per heavy atom. The molecule has 6 nitrogen and oxygen atoms in total. The molecule has 0 aliphatic rings. The van der Waals surface area contributed by atoms with E-state index < -0.39 is 0 Å². The van der Waals surface area contributed by atoms with Crippen molar-refractivity contribution >= 4 is 23.2 Å². The molecule has 0 heterocycles. The molecule has 0 spiro atoms. The summed E-state index contributed by atoms with van der Waals surface area (Å²) >= 11 is 5.99. The van der Waals surface area contributed by atoms with Crippen molar-refractivity contribution in [3.05, 3.63) is 47.0 Å². The SMILES string of the molecule is COc1ccc(NC(=O)COc2ccc(C#N)cc2Cl)cc1OC. The van der Waals surface area contributed by atoms with E-state index >= 15 is 0 Å². The van der Waals surface area contributed by atoms with E-state index in [1.807, 2.05) is 6.07 Å². The molecule has 0 aromatic heterocycles. The van der Waals surface area contributed by atoms with Crippen molar-refractivity contribution in [1.29, 1.82) is 5.26 Å². The summed E-state index contributed by atoms with van der Waals surface area (Å²) in [5, 5.41) is 11.7. The first-order valence-corrected chi connectivity index (χ1v) is 7.29. The number of hydrogen-bond donors (Lipinski definition) is 1. The Morgan fingerprint density at radius 3 is 2.46 bits per heavy atom. The van der Waals surface area contributed by atoms with Gasteiger partial charge in [-0.05, 0) is 30.3 Å². The summed E-state index contributed by atoms with van der Waals surface area (Å²) in [4.78, 5) is 12.0. The fraction of sp³-hybridized carbons (Fsp3) is 0.176. The van der Waals surface area contributed by atoms with Crippen molar-refractivity contribution in [3.63, 3.8) is 0 Å². The quantitative estimate of drug-likeness (QED) is 0.868. The number of nitrogens with zero attached hydrogens (tertiary/aromatic N) is 1. The largest absolute Gasteiger partial charge is 0.493 e. The van der Waals surface area contributed by atoms with Crippen LogP contribution in [-0.4, -0.2) is 26.7 Å². The van der Waals surface area contributed by atoms with Crippen molar-refractivity contribution in [2.24, 2.45) is 0 Å². The highest BCUT2D eigenvalue weighted by Gasteiger charge is 2.09. The van der Waals surface area contributed by atoms with Gasteiger partial charge in [0.25, 0.3) is 5.91 Å². The molecule has 0 atom stereocenters. The number of carbonyl (C=O) groups is 1. The minimum absolute atomic E-state index is 0.222. The van der Waals surface area contributed by atoms with Gasteiger partial charge in [0.2, 0.25) is 0 Å². The van der Waals surface area contributed by atoms with Gasteiger partial charge in [-0.25, -0.2) is 0 Å². The molecule has 0 bridgehead atoms. The average molecular weight is 347 g/mol. The molecule has 7 heteroatoms. The van der Waals surface area contributed by atoms with Crippen molar-refractivity contribution in [2.45, 2.75) is 0 Å². The van der Waals surface area contributed by atoms with Gasteiger partial charge in [0.1, 0.15) is 5.75 Å². The second-order valence-corrected chi connectivity index (χ2v) is 5.07. The van der Waals surface area contributed by atoms with Crippen molar-refractivity contribution in [3.8, 4) is 23.3 Å². The molecule has 0 aliphatic carbocycles. The van der Waals surface area contributed by atoms with E-state index in [4.69, 9.17) is 31.1 Å². The summed E-state index contributed by atoms with van der Waals surface area (Å²) in [6.45, 7) is -0.222. The fourth-order valence-corrected chi connectivity index (χ4v) is 2.18. The average Bonchev–Trinajstić information content (AvgIpc) is 2.60. The minimum Gasteiger partial charge on any atom is -0.493 e. The number of nitriles is 1. The van der Waals surface area contributed by atoms with Crippen LogP contribution in [-0.2, 0) is 4.79 Å². The number of rotatable bonds is 6. The van der Waals surface area contributed by atoms with Gasteiger partial charge < -0.3 is 19.5 Å². The van der Waals surface area contributed by atoms with Gasteiger partial charge in [-0.1, -0.05) is 11.6 Å². The van der Waals surface area contributed by atoms with Gasteiger partial charge in [0.05, 0.1) is 30.9 Å². The smallest absolute Gasteiger partial charge is 0.262 e. The second kappa shape index (κ2) is 8.09. The Hall–Kier alpha value is -2.91. The molecular weight excluding hydrogens is 332 g/mol. The second-order valence-electron chi connectivity index (χ2n) is 4.66. The van der Waals surface area contributed by atoms with E-state index in [-0.39, 0.29) is 17.5 Å². The van der Waals surface area contributed by atoms with Crippen molar-refractivity contribution in [1.82, 2.24) is 0 Å². The van der Waals surface area contributed by atoms with Gasteiger partial charge in [0.15, 0.2) is 18.1 Å².